The Balaban J connectivity index is 1.33. The van der Waals surface area contributed by atoms with Gasteiger partial charge in [-0.05, 0) is 50.2 Å². The lowest BCUT2D eigenvalue weighted by molar-refractivity contribution is 0.0616. The van der Waals surface area contributed by atoms with Crippen molar-refractivity contribution in [2.24, 2.45) is 0 Å². The van der Waals surface area contributed by atoms with E-state index in [0.29, 0.717) is 55.7 Å². The molecule has 2 heterocycles. The Labute approximate surface area is 204 Å². The molecule has 0 saturated carbocycles. The Morgan fingerprint density at radius 1 is 1.06 bits per heavy atom. The van der Waals surface area contributed by atoms with Gasteiger partial charge in [-0.15, -0.1) is 0 Å². The minimum absolute atomic E-state index is 0.00270. The second kappa shape index (κ2) is 11.0. The van der Waals surface area contributed by atoms with Gasteiger partial charge in [-0.25, -0.2) is 4.79 Å². The zero-order valence-corrected chi connectivity index (χ0v) is 20.2. The van der Waals surface area contributed by atoms with Crippen LogP contribution in [0.3, 0.4) is 0 Å². The number of benzene rings is 2. The predicted octanol–water partition coefficient (Wildman–Crippen LogP) is 3.23. The van der Waals surface area contributed by atoms with Gasteiger partial charge in [0.15, 0.2) is 0 Å². The van der Waals surface area contributed by atoms with Gasteiger partial charge in [0, 0.05) is 37.8 Å². The normalized spacial score (nSPS) is 14.1. The highest BCUT2D eigenvalue weighted by Gasteiger charge is 2.25. The van der Waals surface area contributed by atoms with Gasteiger partial charge in [-0.1, -0.05) is 17.3 Å². The summed E-state index contributed by atoms with van der Waals surface area (Å²) in [7, 11) is 1.62. The van der Waals surface area contributed by atoms with E-state index in [1.807, 2.05) is 38.1 Å². The molecule has 1 aliphatic rings. The molecule has 0 bridgehead atoms. The Kier molecular flexibility index (Phi) is 7.61. The van der Waals surface area contributed by atoms with Crippen LogP contribution in [-0.2, 0) is 6.54 Å². The van der Waals surface area contributed by atoms with Gasteiger partial charge in [-0.2, -0.15) is 4.98 Å². The van der Waals surface area contributed by atoms with E-state index < -0.39 is 0 Å². The fraction of sp³-hybridized carbons (Fsp3) is 0.360. The number of nitrogens with zero attached hydrogens (tertiary/aromatic N) is 4. The van der Waals surface area contributed by atoms with E-state index in [0.717, 1.165) is 11.3 Å². The first-order chi connectivity index (χ1) is 16.9. The first kappa shape index (κ1) is 24.2. The molecule has 0 unspecified atom stereocenters. The number of ether oxygens (including phenoxy) is 1. The first-order valence-electron chi connectivity index (χ1n) is 11.6. The van der Waals surface area contributed by atoms with Crippen LogP contribution in [-0.4, -0.2) is 71.2 Å². The van der Waals surface area contributed by atoms with Gasteiger partial charge in [0.2, 0.25) is 11.7 Å². The average Bonchev–Trinajstić information content (AvgIpc) is 3.32. The molecule has 10 nitrogen and oxygen atoms in total. The highest BCUT2D eigenvalue weighted by molar-refractivity contribution is 6.03. The van der Waals surface area contributed by atoms with E-state index >= 15 is 0 Å². The monoisotopic (exact) mass is 478 g/mol. The standard InChI is InChI=1S/C25H30N6O4/c1-17(2)26-25(33)27-21-7-5-4-6-20(21)24(32)31-14-12-30(13-15-31)16-22-28-23(29-35-22)18-8-10-19(34-3)11-9-18/h4-11,17H,12-16H2,1-3H3,(H2,26,27,33). The SMILES string of the molecule is COc1ccc(-c2noc(CN3CCN(C(=O)c4ccccc4NC(=O)NC(C)C)CC3)n2)cc1. The van der Waals surface area contributed by atoms with Gasteiger partial charge in [0.25, 0.3) is 5.91 Å². The van der Waals surface area contributed by atoms with Crippen LogP contribution in [0.4, 0.5) is 10.5 Å². The number of urea groups is 1. The number of hydrogen-bond donors (Lipinski definition) is 2. The van der Waals surface area contributed by atoms with Gasteiger partial charge in [0.1, 0.15) is 5.75 Å². The molecule has 0 radical (unpaired) electrons. The van der Waals surface area contributed by atoms with Crippen LogP contribution in [0.5, 0.6) is 5.75 Å². The number of piperazine rings is 1. The average molecular weight is 479 g/mol. The largest absolute Gasteiger partial charge is 0.497 e. The molecule has 4 rings (SSSR count). The van der Waals surface area contributed by atoms with Crippen molar-refractivity contribution >= 4 is 17.6 Å². The Bertz CT molecular complexity index is 1150. The third-order valence-electron chi connectivity index (χ3n) is 5.66. The number of carbonyl (C=O) groups excluding carboxylic acids is 2. The van der Waals surface area contributed by atoms with Crippen molar-refractivity contribution in [3.8, 4) is 17.1 Å². The zero-order chi connectivity index (χ0) is 24.8. The van der Waals surface area contributed by atoms with E-state index in [2.05, 4.69) is 25.7 Å². The van der Waals surface area contributed by atoms with E-state index in [1.165, 1.54) is 0 Å². The molecule has 35 heavy (non-hydrogen) atoms. The Morgan fingerprint density at radius 2 is 1.77 bits per heavy atom. The summed E-state index contributed by atoms with van der Waals surface area (Å²) in [6.45, 7) is 6.74. The third-order valence-corrected chi connectivity index (χ3v) is 5.66. The van der Waals surface area contributed by atoms with Gasteiger partial charge < -0.3 is 24.8 Å². The van der Waals surface area contributed by atoms with Crippen LogP contribution >= 0.6 is 0 Å². The second-order valence-corrected chi connectivity index (χ2v) is 8.61. The maximum absolute atomic E-state index is 13.2. The smallest absolute Gasteiger partial charge is 0.319 e. The fourth-order valence-electron chi connectivity index (χ4n) is 3.85. The molecule has 10 heteroatoms. The van der Waals surface area contributed by atoms with Gasteiger partial charge >= 0.3 is 6.03 Å². The molecule has 3 aromatic rings. The minimum Gasteiger partial charge on any atom is -0.497 e. The summed E-state index contributed by atoms with van der Waals surface area (Å²) in [5.74, 6) is 1.72. The van der Waals surface area contributed by atoms with E-state index in [4.69, 9.17) is 9.26 Å². The molecule has 2 N–H and O–H groups in total. The van der Waals surface area contributed by atoms with E-state index in [9.17, 15) is 9.59 Å². The lowest BCUT2D eigenvalue weighted by Gasteiger charge is -2.34. The first-order valence-corrected chi connectivity index (χ1v) is 11.6. The van der Waals surface area contributed by atoms with Crippen LogP contribution in [0.2, 0.25) is 0 Å². The Morgan fingerprint density at radius 3 is 2.46 bits per heavy atom. The van der Waals surface area contributed by atoms with Gasteiger partial charge in [0.05, 0.1) is 24.9 Å². The highest BCUT2D eigenvalue weighted by atomic mass is 16.5. The van der Waals surface area contributed by atoms with Crippen LogP contribution in [0, 0.1) is 0 Å². The van der Waals surface area contributed by atoms with Crippen LogP contribution in [0.1, 0.15) is 30.1 Å². The number of para-hydroxylation sites is 1. The van der Waals surface area contributed by atoms with Crippen LogP contribution < -0.4 is 15.4 Å². The van der Waals surface area contributed by atoms with Crippen molar-refractivity contribution in [3.05, 3.63) is 60.0 Å². The van der Waals surface area contributed by atoms with Crippen molar-refractivity contribution in [3.63, 3.8) is 0 Å². The molecule has 2 aromatic carbocycles. The third kappa shape index (κ3) is 6.15. The summed E-state index contributed by atoms with van der Waals surface area (Å²) in [6.07, 6.45) is 0. The number of rotatable bonds is 7. The van der Waals surface area contributed by atoms with Crippen molar-refractivity contribution < 1.29 is 18.8 Å². The van der Waals surface area contributed by atoms with Crippen molar-refractivity contribution in [1.82, 2.24) is 25.3 Å². The Hall–Kier alpha value is -3.92. The van der Waals surface area contributed by atoms with E-state index in [1.54, 1.807) is 36.3 Å². The lowest BCUT2D eigenvalue weighted by Crippen LogP contribution is -2.48. The number of aromatic nitrogens is 2. The molecule has 1 aromatic heterocycles. The summed E-state index contributed by atoms with van der Waals surface area (Å²) < 4.78 is 10.6. The van der Waals surface area contributed by atoms with Crippen molar-refractivity contribution in [1.29, 1.82) is 0 Å². The van der Waals surface area contributed by atoms with Crippen LogP contribution in [0.15, 0.2) is 53.1 Å². The van der Waals surface area contributed by atoms with Crippen molar-refractivity contribution in [2.75, 3.05) is 38.6 Å². The number of anilines is 1. The summed E-state index contributed by atoms with van der Waals surface area (Å²) in [5.41, 5.74) is 1.82. The molecule has 0 atom stereocenters. The summed E-state index contributed by atoms with van der Waals surface area (Å²) in [5, 5.41) is 9.64. The summed E-state index contributed by atoms with van der Waals surface area (Å²) in [4.78, 5) is 33.8. The minimum atomic E-state index is -0.335. The fourth-order valence-corrected chi connectivity index (χ4v) is 3.85. The highest BCUT2D eigenvalue weighted by Crippen LogP contribution is 2.21. The number of nitrogens with one attached hydrogen (secondary N) is 2. The topological polar surface area (TPSA) is 113 Å². The molecular weight excluding hydrogens is 448 g/mol. The number of amides is 3. The number of methoxy groups -OCH3 is 1. The maximum atomic E-state index is 13.2. The van der Waals surface area contributed by atoms with Crippen LogP contribution in [0.25, 0.3) is 11.4 Å². The summed E-state index contributed by atoms with van der Waals surface area (Å²) >= 11 is 0. The molecule has 3 amide bonds. The zero-order valence-electron chi connectivity index (χ0n) is 20.2. The molecule has 0 spiro atoms. The second-order valence-electron chi connectivity index (χ2n) is 8.61. The molecule has 0 aliphatic carbocycles. The van der Waals surface area contributed by atoms with E-state index in [-0.39, 0.29) is 18.0 Å². The molecule has 184 valence electrons. The maximum Gasteiger partial charge on any atom is 0.319 e. The molecule has 1 aliphatic heterocycles. The molecule has 1 fully saturated rings. The lowest BCUT2D eigenvalue weighted by atomic mass is 10.1. The molecule has 1 saturated heterocycles. The number of carbonyl (C=O) groups is 2. The molecular formula is C25H30N6O4. The quantitative estimate of drug-likeness (QED) is 0.536. The predicted molar refractivity (Wildman–Crippen MR) is 131 cm³/mol. The van der Waals surface area contributed by atoms with Gasteiger partial charge in [-0.3, -0.25) is 9.69 Å². The number of hydrogen-bond acceptors (Lipinski definition) is 7. The summed E-state index contributed by atoms with van der Waals surface area (Å²) in [6, 6.07) is 14.2. The van der Waals surface area contributed by atoms with Crippen molar-refractivity contribution in [2.45, 2.75) is 26.4 Å².